The van der Waals surface area contributed by atoms with Crippen molar-refractivity contribution < 1.29 is 19.0 Å². The molecule has 6 heteroatoms. The number of aromatic nitrogens is 1. The van der Waals surface area contributed by atoms with Crippen LogP contribution in [0.2, 0.25) is 0 Å². The van der Waals surface area contributed by atoms with Gasteiger partial charge in [0, 0.05) is 30.1 Å². The van der Waals surface area contributed by atoms with Crippen molar-refractivity contribution in [2.24, 2.45) is 5.92 Å². The Kier molecular flexibility index (Phi) is 4.34. The van der Waals surface area contributed by atoms with Gasteiger partial charge >= 0.3 is 0 Å². The second-order valence-electron chi connectivity index (χ2n) is 7.07. The number of pyridine rings is 1. The molecule has 1 atom stereocenters. The van der Waals surface area contributed by atoms with Crippen molar-refractivity contribution in [2.45, 2.75) is 26.3 Å². The Morgan fingerprint density at radius 2 is 2.22 bits per heavy atom. The molecule has 1 aromatic carbocycles. The molecule has 0 fully saturated rings. The number of halogens is 1. The van der Waals surface area contributed by atoms with Gasteiger partial charge in [-0.2, -0.15) is 0 Å². The predicted molar refractivity (Wildman–Crippen MR) is 100 cm³/mol. The highest BCUT2D eigenvalue weighted by atomic mass is 19.1. The number of amides is 1. The molecule has 1 aliphatic carbocycles. The fourth-order valence-electron chi connectivity index (χ4n) is 3.98. The molecule has 0 saturated heterocycles. The van der Waals surface area contributed by atoms with Crippen LogP contribution in [0.15, 0.2) is 41.9 Å². The van der Waals surface area contributed by atoms with Gasteiger partial charge in [-0.15, -0.1) is 0 Å². The van der Waals surface area contributed by atoms with E-state index in [0.29, 0.717) is 48.1 Å². The van der Waals surface area contributed by atoms with Crippen molar-refractivity contribution in [1.82, 2.24) is 9.88 Å². The fourth-order valence-corrected chi connectivity index (χ4v) is 3.98. The summed E-state index contributed by atoms with van der Waals surface area (Å²) < 4.78 is 18.9. The summed E-state index contributed by atoms with van der Waals surface area (Å²) in [4.78, 5) is 18.8. The lowest BCUT2D eigenvalue weighted by molar-refractivity contribution is 0.0777. The molecule has 1 unspecified atom stereocenters. The molecule has 0 radical (unpaired) electrons. The zero-order valence-corrected chi connectivity index (χ0v) is 15.3. The maximum absolute atomic E-state index is 13.4. The number of aromatic hydroxyl groups is 1. The number of phenols is 1. The van der Waals surface area contributed by atoms with E-state index in [1.165, 1.54) is 6.08 Å². The number of hydrogen-bond donors (Lipinski definition) is 1. The number of ether oxygens (including phenoxy) is 1. The molecule has 2 aromatic rings. The molecule has 0 bridgehead atoms. The molecule has 27 heavy (non-hydrogen) atoms. The summed E-state index contributed by atoms with van der Waals surface area (Å²) in [5.41, 5.74) is 2.46. The van der Waals surface area contributed by atoms with Gasteiger partial charge in [0.1, 0.15) is 17.1 Å². The second kappa shape index (κ2) is 6.68. The van der Waals surface area contributed by atoms with Gasteiger partial charge in [-0.1, -0.05) is 18.6 Å². The normalized spacial score (nSPS) is 19.1. The van der Waals surface area contributed by atoms with Crippen LogP contribution >= 0.6 is 0 Å². The van der Waals surface area contributed by atoms with E-state index >= 15 is 0 Å². The molecule has 4 rings (SSSR count). The van der Waals surface area contributed by atoms with Gasteiger partial charge in [0.15, 0.2) is 5.75 Å². The monoisotopic (exact) mass is 368 g/mol. The van der Waals surface area contributed by atoms with Crippen LogP contribution in [0.3, 0.4) is 0 Å². The second-order valence-corrected chi connectivity index (χ2v) is 7.07. The highest BCUT2D eigenvalue weighted by Crippen LogP contribution is 2.43. The van der Waals surface area contributed by atoms with E-state index in [2.05, 4.69) is 4.98 Å². The molecule has 0 spiro atoms. The molecule has 1 N–H and O–H groups in total. The van der Waals surface area contributed by atoms with Crippen molar-refractivity contribution in [3.8, 4) is 11.5 Å². The number of allylic oxidation sites excluding steroid dienone is 3. The lowest BCUT2D eigenvalue weighted by atomic mass is 9.90. The van der Waals surface area contributed by atoms with Crippen molar-refractivity contribution in [3.05, 3.63) is 53.0 Å². The molecule has 1 aromatic heterocycles. The number of rotatable bonds is 4. The largest absolute Gasteiger partial charge is 0.505 e. The van der Waals surface area contributed by atoms with Crippen LogP contribution in [0.25, 0.3) is 10.9 Å². The standard InChI is InChI=1S/C21H21FN2O3/c1-12-10-14(22)6-5-13(12)7-9-24-11-16-17(21(24)26)19(25)18-15(20(16)27-2)4-3-8-23-18/h3-6,8,12,25H,7,9-11H2,1-2H3. The zero-order valence-electron chi connectivity index (χ0n) is 15.3. The quantitative estimate of drug-likeness (QED) is 0.882. The van der Waals surface area contributed by atoms with E-state index < -0.39 is 0 Å². The summed E-state index contributed by atoms with van der Waals surface area (Å²) in [5, 5.41) is 11.3. The summed E-state index contributed by atoms with van der Waals surface area (Å²) in [6.45, 7) is 2.87. The number of carbonyl (C=O) groups is 1. The number of phenolic OH excluding ortho intramolecular Hbond substituents is 1. The molecule has 0 saturated carbocycles. The molecular weight excluding hydrogens is 347 g/mol. The number of nitrogens with zero attached hydrogens (tertiary/aromatic N) is 2. The minimum absolute atomic E-state index is 0.0934. The van der Waals surface area contributed by atoms with Gasteiger partial charge in [0.25, 0.3) is 5.91 Å². The Hall–Kier alpha value is -2.89. The van der Waals surface area contributed by atoms with Crippen LogP contribution in [-0.4, -0.2) is 34.6 Å². The van der Waals surface area contributed by atoms with Crippen molar-refractivity contribution in [1.29, 1.82) is 0 Å². The third kappa shape index (κ3) is 2.85. The first kappa shape index (κ1) is 17.5. The molecule has 1 amide bonds. The smallest absolute Gasteiger partial charge is 0.258 e. The number of fused-ring (bicyclic) bond motifs is 2. The van der Waals surface area contributed by atoms with E-state index in [4.69, 9.17) is 4.74 Å². The SMILES string of the molecule is COc1c2c(c(O)c3ncccc13)C(=O)N(CCC1=CC=C(F)CC1C)C2. The number of benzene rings is 1. The summed E-state index contributed by atoms with van der Waals surface area (Å²) >= 11 is 0. The molecule has 2 heterocycles. The minimum atomic E-state index is -0.223. The van der Waals surface area contributed by atoms with Gasteiger partial charge in [0.2, 0.25) is 0 Å². The first-order chi connectivity index (χ1) is 13.0. The van der Waals surface area contributed by atoms with Crippen LogP contribution in [-0.2, 0) is 6.54 Å². The third-order valence-electron chi connectivity index (χ3n) is 5.43. The maximum Gasteiger partial charge on any atom is 0.258 e. The van der Waals surface area contributed by atoms with Crippen LogP contribution in [0, 0.1) is 5.92 Å². The molecular formula is C21H21FN2O3. The number of methoxy groups -OCH3 is 1. The van der Waals surface area contributed by atoms with E-state index in [1.807, 2.05) is 19.1 Å². The van der Waals surface area contributed by atoms with Gasteiger partial charge < -0.3 is 14.7 Å². The summed E-state index contributed by atoms with van der Waals surface area (Å²) in [6, 6.07) is 3.60. The highest BCUT2D eigenvalue weighted by molar-refractivity contribution is 6.08. The van der Waals surface area contributed by atoms with Crippen molar-refractivity contribution in [3.63, 3.8) is 0 Å². The van der Waals surface area contributed by atoms with Crippen LogP contribution in [0.5, 0.6) is 11.5 Å². The highest BCUT2D eigenvalue weighted by Gasteiger charge is 2.35. The van der Waals surface area contributed by atoms with Crippen molar-refractivity contribution in [2.75, 3.05) is 13.7 Å². The van der Waals surface area contributed by atoms with Crippen LogP contribution in [0.1, 0.15) is 35.7 Å². The fraction of sp³-hybridized carbons (Fsp3) is 0.333. The first-order valence-corrected chi connectivity index (χ1v) is 9.02. The Morgan fingerprint density at radius 1 is 1.41 bits per heavy atom. The van der Waals surface area contributed by atoms with Crippen molar-refractivity contribution >= 4 is 16.8 Å². The Morgan fingerprint density at radius 3 is 2.96 bits per heavy atom. The summed E-state index contributed by atoms with van der Waals surface area (Å²) in [7, 11) is 1.56. The predicted octanol–water partition coefficient (Wildman–Crippen LogP) is 4.11. The van der Waals surface area contributed by atoms with Gasteiger partial charge in [0.05, 0.1) is 19.2 Å². The maximum atomic E-state index is 13.4. The molecule has 2 aliphatic rings. The molecule has 5 nitrogen and oxygen atoms in total. The first-order valence-electron chi connectivity index (χ1n) is 9.02. The lowest BCUT2D eigenvalue weighted by Gasteiger charge is -2.22. The molecule has 140 valence electrons. The minimum Gasteiger partial charge on any atom is -0.505 e. The van der Waals surface area contributed by atoms with Gasteiger partial charge in [-0.25, -0.2) is 4.39 Å². The summed E-state index contributed by atoms with van der Waals surface area (Å²) in [6.07, 6.45) is 5.97. The lowest BCUT2D eigenvalue weighted by Crippen LogP contribution is -2.26. The van der Waals surface area contributed by atoms with E-state index in [9.17, 15) is 14.3 Å². The average Bonchev–Trinajstić information content (AvgIpc) is 2.98. The average molecular weight is 368 g/mol. The number of hydrogen-bond acceptors (Lipinski definition) is 4. The topological polar surface area (TPSA) is 62.7 Å². The molecule has 1 aliphatic heterocycles. The van der Waals surface area contributed by atoms with Gasteiger partial charge in [-0.05, 0) is 30.5 Å². The Labute approximate surface area is 156 Å². The Balaban J connectivity index is 1.64. The zero-order chi connectivity index (χ0) is 19.1. The number of carbonyl (C=O) groups excluding carboxylic acids is 1. The summed E-state index contributed by atoms with van der Waals surface area (Å²) in [5.74, 6) is 0.287. The van der Waals surface area contributed by atoms with Crippen LogP contribution in [0.4, 0.5) is 4.39 Å². The van der Waals surface area contributed by atoms with E-state index in [-0.39, 0.29) is 29.0 Å². The third-order valence-corrected chi connectivity index (χ3v) is 5.43. The Bertz CT molecular complexity index is 997. The van der Waals surface area contributed by atoms with Gasteiger partial charge in [-0.3, -0.25) is 9.78 Å². The van der Waals surface area contributed by atoms with Crippen LogP contribution < -0.4 is 4.74 Å². The van der Waals surface area contributed by atoms with E-state index in [0.717, 1.165) is 5.57 Å². The van der Waals surface area contributed by atoms with E-state index in [1.54, 1.807) is 24.3 Å².